The van der Waals surface area contributed by atoms with Crippen LogP contribution < -0.4 is 0 Å². The van der Waals surface area contributed by atoms with Crippen molar-refractivity contribution in [3.05, 3.63) is 90.3 Å². The molecular formula is C25H21Br2N3OS. The molecule has 2 atom stereocenters. The topological polar surface area (TPSA) is 45.6 Å². The smallest absolute Gasteiger partial charge is 0.266 e. The highest BCUT2D eigenvalue weighted by Crippen LogP contribution is 2.45. The summed E-state index contributed by atoms with van der Waals surface area (Å²) in [6.07, 6.45) is 5.30. The molecule has 5 rings (SSSR count). The van der Waals surface area contributed by atoms with Gasteiger partial charge in [0, 0.05) is 14.9 Å². The number of nitrogens with zero attached hydrogens (tertiary/aromatic N) is 3. The van der Waals surface area contributed by atoms with Gasteiger partial charge in [-0.1, -0.05) is 56.1 Å². The summed E-state index contributed by atoms with van der Waals surface area (Å²) in [4.78, 5) is 18.5. The van der Waals surface area contributed by atoms with Gasteiger partial charge in [-0.2, -0.15) is 5.10 Å². The summed E-state index contributed by atoms with van der Waals surface area (Å²) in [6, 6.07) is 16.5. The molecule has 0 N–H and O–H groups in total. The summed E-state index contributed by atoms with van der Waals surface area (Å²) in [5, 5.41) is 6.69. The van der Waals surface area contributed by atoms with Crippen molar-refractivity contribution in [2.75, 3.05) is 0 Å². The second-order valence-electron chi connectivity index (χ2n) is 8.12. The van der Waals surface area contributed by atoms with E-state index in [0.717, 1.165) is 50.7 Å². The summed E-state index contributed by atoms with van der Waals surface area (Å²) in [5.41, 5.74) is 7.01. The third kappa shape index (κ3) is 4.14. The highest BCUT2D eigenvalue weighted by molar-refractivity contribution is 9.10. The highest BCUT2D eigenvalue weighted by atomic mass is 79.9. The van der Waals surface area contributed by atoms with Crippen LogP contribution in [0.5, 0.6) is 0 Å². The molecular weight excluding hydrogens is 550 g/mol. The maximum atomic E-state index is 13.6. The molecule has 4 nitrogen and oxygen atoms in total. The number of carbonyl (C=O) groups excluding carboxylic acids is 1. The number of carbonyl (C=O) groups is 1. The Morgan fingerprint density at radius 2 is 1.78 bits per heavy atom. The normalized spacial score (nSPS) is 21.5. The molecule has 1 fully saturated rings. The van der Waals surface area contributed by atoms with Crippen LogP contribution in [0, 0.1) is 12.8 Å². The monoisotopic (exact) mass is 569 g/mol. The maximum absolute atomic E-state index is 13.6. The first-order valence-corrected chi connectivity index (χ1v) is 13.0. The largest absolute Gasteiger partial charge is 0.286 e. The van der Waals surface area contributed by atoms with Gasteiger partial charge < -0.3 is 0 Å². The molecule has 2 unspecified atom stereocenters. The van der Waals surface area contributed by atoms with Crippen LogP contribution >= 0.6 is 43.2 Å². The lowest BCUT2D eigenvalue weighted by molar-refractivity contribution is 0.0685. The maximum Gasteiger partial charge on any atom is 0.286 e. The second-order valence-corrected chi connectivity index (χ2v) is 10.8. The third-order valence-electron chi connectivity index (χ3n) is 6.07. The van der Waals surface area contributed by atoms with Crippen LogP contribution in [-0.4, -0.2) is 21.6 Å². The molecule has 2 heterocycles. The molecule has 1 aliphatic heterocycles. The van der Waals surface area contributed by atoms with Crippen LogP contribution in [-0.2, 0) is 0 Å². The van der Waals surface area contributed by atoms with E-state index < -0.39 is 0 Å². The molecule has 0 spiro atoms. The van der Waals surface area contributed by atoms with Gasteiger partial charge in [0.15, 0.2) is 0 Å². The first kappa shape index (κ1) is 21.7. The number of benzene rings is 2. The number of rotatable bonds is 3. The number of fused-ring (bicyclic) bond motifs is 1. The zero-order chi connectivity index (χ0) is 22.2. The van der Waals surface area contributed by atoms with Crippen molar-refractivity contribution in [3.8, 4) is 0 Å². The van der Waals surface area contributed by atoms with E-state index in [2.05, 4.69) is 79.3 Å². The van der Waals surface area contributed by atoms with E-state index in [-0.39, 0.29) is 17.9 Å². The standard InChI is InChI=1S/C25H21Br2N3OS/c1-15-24(32-14-28-15)25(31)30-23(17-7-11-20(27)12-8-17)21-4-2-3-18(22(21)29-30)13-16-5-9-19(26)10-6-16/h5-14,21,23H,2-4H2,1H3/b18-13+. The molecule has 0 bridgehead atoms. The third-order valence-corrected chi connectivity index (χ3v) is 8.05. The number of hydrogen-bond acceptors (Lipinski definition) is 4. The molecule has 1 aliphatic carbocycles. The number of aryl methyl sites for hydroxylation is 1. The highest BCUT2D eigenvalue weighted by Gasteiger charge is 2.44. The Kier molecular flexibility index (Phi) is 6.14. The second kappa shape index (κ2) is 9.04. The number of thiazole rings is 1. The van der Waals surface area contributed by atoms with Crippen LogP contribution in [0.25, 0.3) is 6.08 Å². The SMILES string of the molecule is Cc1ncsc1C(=O)N1N=C2/C(=C/c3ccc(Br)cc3)CCCC2C1c1ccc(Br)cc1. The van der Waals surface area contributed by atoms with Crippen LogP contribution in [0.1, 0.15) is 51.8 Å². The van der Waals surface area contributed by atoms with Gasteiger partial charge >= 0.3 is 0 Å². The van der Waals surface area contributed by atoms with Gasteiger partial charge in [-0.15, -0.1) is 11.3 Å². The first-order valence-electron chi connectivity index (χ1n) is 10.6. The van der Waals surface area contributed by atoms with E-state index in [1.54, 1.807) is 10.5 Å². The number of hydrogen-bond donors (Lipinski definition) is 0. The zero-order valence-electron chi connectivity index (χ0n) is 17.5. The van der Waals surface area contributed by atoms with E-state index in [9.17, 15) is 4.79 Å². The van der Waals surface area contributed by atoms with Crippen LogP contribution in [0.15, 0.2) is 73.7 Å². The Balaban J connectivity index is 1.58. The van der Waals surface area contributed by atoms with Crippen LogP contribution in [0.4, 0.5) is 0 Å². The predicted molar refractivity (Wildman–Crippen MR) is 137 cm³/mol. The molecule has 0 radical (unpaired) electrons. The molecule has 1 amide bonds. The van der Waals surface area contributed by atoms with E-state index in [1.165, 1.54) is 16.9 Å². The van der Waals surface area contributed by atoms with Gasteiger partial charge in [0.1, 0.15) is 4.88 Å². The number of allylic oxidation sites excluding steroid dienone is 1. The first-order chi connectivity index (χ1) is 15.5. The Morgan fingerprint density at radius 3 is 2.44 bits per heavy atom. The fourth-order valence-electron chi connectivity index (χ4n) is 4.53. The van der Waals surface area contributed by atoms with Gasteiger partial charge in [0.2, 0.25) is 0 Å². The summed E-state index contributed by atoms with van der Waals surface area (Å²) in [6.45, 7) is 1.88. The Morgan fingerprint density at radius 1 is 1.09 bits per heavy atom. The van der Waals surface area contributed by atoms with Crippen molar-refractivity contribution in [1.82, 2.24) is 9.99 Å². The van der Waals surface area contributed by atoms with Crippen molar-refractivity contribution >= 4 is 60.9 Å². The molecule has 32 heavy (non-hydrogen) atoms. The summed E-state index contributed by atoms with van der Waals surface area (Å²) < 4.78 is 2.09. The Bertz CT molecular complexity index is 1210. The van der Waals surface area contributed by atoms with E-state index in [0.29, 0.717) is 4.88 Å². The fraction of sp³-hybridized carbons (Fsp3) is 0.240. The lowest BCUT2D eigenvalue weighted by Gasteiger charge is -2.29. The molecule has 2 aromatic carbocycles. The number of aromatic nitrogens is 1. The fourth-order valence-corrected chi connectivity index (χ4v) is 5.80. The predicted octanol–water partition coefficient (Wildman–Crippen LogP) is 7.41. The number of halogens is 2. The Hall–Kier alpha value is -2.09. The lowest BCUT2D eigenvalue weighted by Crippen LogP contribution is -2.31. The van der Waals surface area contributed by atoms with Gasteiger partial charge in [-0.3, -0.25) is 4.79 Å². The van der Waals surface area contributed by atoms with Crippen molar-refractivity contribution in [3.63, 3.8) is 0 Å². The number of amides is 1. The molecule has 2 aliphatic rings. The van der Waals surface area contributed by atoms with Crippen molar-refractivity contribution < 1.29 is 4.79 Å². The van der Waals surface area contributed by atoms with Gasteiger partial charge in [-0.05, 0) is 73.2 Å². The minimum atomic E-state index is -0.110. The van der Waals surface area contributed by atoms with Gasteiger partial charge in [0.25, 0.3) is 5.91 Å². The number of hydrazone groups is 1. The van der Waals surface area contributed by atoms with E-state index in [1.807, 2.05) is 19.1 Å². The van der Waals surface area contributed by atoms with E-state index in [4.69, 9.17) is 5.10 Å². The minimum Gasteiger partial charge on any atom is -0.266 e. The summed E-state index contributed by atoms with van der Waals surface area (Å²) >= 11 is 8.42. The average molecular weight is 571 g/mol. The Labute approximate surface area is 208 Å². The molecule has 162 valence electrons. The van der Waals surface area contributed by atoms with E-state index >= 15 is 0 Å². The van der Waals surface area contributed by atoms with Crippen molar-refractivity contribution in [1.29, 1.82) is 0 Å². The van der Waals surface area contributed by atoms with Crippen LogP contribution in [0.3, 0.4) is 0 Å². The van der Waals surface area contributed by atoms with Gasteiger partial charge in [0.05, 0.1) is 23.0 Å². The average Bonchev–Trinajstić information content (AvgIpc) is 3.40. The molecule has 7 heteroatoms. The lowest BCUT2D eigenvalue weighted by atomic mass is 9.77. The zero-order valence-corrected chi connectivity index (χ0v) is 21.5. The molecule has 3 aromatic rings. The molecule has 1 aromatic heterocycles. The summed E-state index contributed by atoms with van der Waals surface area (Å²) in [7, 11) is 0. The molecule has 0 saturated heterocycles. The van der Waals surface area contributed by atoms with Crippen molar-refractivity contribution in [2.45, 2.75) is 32.2 Å². The quantitative estimate of drug-likeness (QED) is 0.329. The molecule has 1 saturated carbocycles. The summed E-state index contributed by atoms with van der Waals surface area (Å²) in [5.74, 6) is 0.117. The van der Waals surface area contributed by atoms with Gasteiger partial charge in [-0.25, -0.2) is 9.99 Å². The minimum absolute atomic E-state index is 0.0668. The van der Waals surface area contributed by atoms with Crippen LogP contribution in [0.2, 0.25) is 0 Å². The van der Waals surface area contributed by atoms with Crippen molar-refractivity contribution in [2.24, 2.45) is 11.0 Å².